The van der Waals surface area contributed by atoms with Crippen molar-refractivity contribution in [2.45, 2.75) is 32.6 Å². The van der Waals surface area contributed by atoms with Gasteiger partial charge in [-0.3, -0.25) is 4.79 Å². The van der Waals surface area contributed by atoms with Crippen LogP contribution in [0.2, 0.25) is 0 Å². The van der Waals surface area contributed by atoms with Gasteiger partial charge in [0.1, 0.15) is 6.29 Å². The Bertz CT molecular complexity index is 178. The molecule has 2 heteroatoms. The monoisotopic (exact) mass is 172 g/mol. The summed E-state index contributed by atoms with van der Waals surface area (Å²) in [6.45, 7) is 1.79. The normalized spacial score (nSPS) is 21.6. The molecular formula is C9H13ClO. The van der Waals surface area contributed by atoms with E-state index in [0.29, 0.717) is 11.5 Å². The van der Waals surface area contributed by atoms with Gasteiger partial charge >= 0.3 is 0 Å². The third-order valence-corrected chi connectivity index (χ3v) is 2.87. The minimum atomic E-state index is 0.474. The Hall–Kier alpha value is -0.300. The molecule has 1 saturated carbocycles. The van der Waals surface area contributed by atoms with E-state index in [2.05, 4.69) is 0 Å². The number of carbonyl (C=O) groups excluding carboxylic acids is 1. The Morgan fingerprint density at radius 2 is 2.00 bits per heavy atom. The van der Waals surface area contributed by atoms with Crippen LogP contribution < -0.4 is 0 Å². The number of rotatable bonds is 2. The fourth-order valence-electron chi connectivity index (χ4n) is 1.56. The van der Waals surface area contributed by atoms with Gasteiger partial charge in [-0.05, 0) is 25.7 Å². The highest BCUT2D eigenvalue weighted by molar-refractivity contribution is 6.31. The van der Waals surface area contributed by atoms with Gasteiger partial charge in [-0.15, -0.1) is 0 Å². The molecule has 1 nitrogen and oxygen atoms in total. The van der Waals surface area contributed by atoms with Crippen molar-refractivity contribution in [3.05, 3.63) is 10.6 Å². The first-order valence-corrected chi connectivity index (χ1v) is 4.45. The number of halogens is 1. The van der Waals surface area contributed by atoms with E-state index in [-0.39, 0.29) is 0 Å². The second-order valence-electron chi connectivity index (χ2n) is 3.13. The lowest BCUT2D eigenvalue weighted by Gasteiger charge is -2.07. The fraction of sp³-hybridized carbons (Fsp3) is 0.667. The summed E-state index contributed by atoms with van der Waals surface area (Å²) in [5.74, 6) is 0.474. The van der Waals surface area contributed by atoms with Crippen molar-refractivity contribution in [1.29, 1.82) is 0 Å². The van der Waals surface area contributed by atoms with Gasteiger partial charge in [0, 0.05) is 10.6 Å². The summed E-state index contributed by atoms with van der Waals surface area (Å²) in [5, 5.41) is 0.789. The molecule has 0 unspecified atom stereocenters. The van der Waals surface area contributed by atoms with Crippen LogP contribution in [0.1, 0.15) is 32.6 Å². The largest absolute Gasteiger partial charge is 0.298 e. The second kappa shape index (κ2) is 3.91. The number of hydrogen-bond donors (Lipinski definition) is 0. The maximum Gasteiger partial charge on any atom is 0.146 e. The van der Waals surface area contributed by atoms with E-state index in [1.165, 1.54) is 12.8 Å². The van der Waals surface area contributed by atoms with E-state index in [1.807, 2.05) is 0 Å². The summed E-state index contributed by atoms with van der Waals surface area (Å²) in [5.41, 5.74) is 0.707. The molecule has 11 heavy (non-hydrogen) atoms. The van der Waals surface area contributed by atoms with Crippen LogP contribution in [0.25, 0.3) is 0 Å². The lowest BCUT2D eigenvalue weighted by Crippen LogP contribution is -1.96. The molecule has 0 N–H and O–H groups in total. The van der Waals surface area contributed by atoms with Crippen molar-refractivity contribution < 1.29 is 4.79 Å². The Morgan fingerprint density at radius 3 is 2.45 bits per heavy atom. The molecule has 0 heterocycles. The molecule has 0 aromatic rings. The van der Waals surface area contributed by atoms with Crippen LogP contribution in [-0.2, 0) is 4.79 Å². The molecule has 1 aliphatic rings. The minimum Gasteiger partial charge on any atom is -0.298 e. The van der Waals surface area contributed by atoms with E-state index in [1.54, 1.807) is 6.92 Å². The fourth-order valence-corrected chi connectivity index (χ4v) is 1.82. The summed E-state index contributed by atoms with van der Waals surface area (Å²) >= 11 is 5.99. The smallest absolute Gasteiger partial charge is 0.146 e. The number of aldehydes is 1. The number of hydrogen-bond acceptors (Lipinski definition) is 1. The summed E-state index contributed by atoms with van der Waals surface area (Å²) in [7, 11) is 0. The first-order chi connectivity index (χ1) is 5.25. The summed E-state index contributed by atoms with van der Waals surface area (Å²) in [4.78, 5) is 10.4. The summed E-state index contributed by atoms with van der Waals surface area (Å²) < 4.78 is 0. The third kappa shape index (κ3) is 2.06. The van der Waals surface area contributed by atoms with Gasteiger partial charge in [-0.1, -0.05) is 24.4 Å². The summed E-state index contributed by atoms with van der Waals surface area (Å²) in [6, 6.07) is 0. The molecule has 0 saturated heterocycles. The quantitative estimate of drug-likeness (QED) is 0.463. The number of allylic oxidation sites excluding steroid dienone is 2. The third-order valence-electron chi connectivity index (χ3n) is 2.27. The molecule has 0 aromatic heterocycles. The van der Waals surface area contributed by atoms with E-state index in [0.717, 1.165) is 24.2 Å². The Labute approximate surface area is 72.4 Å². The second-order valence-corrected chi connectivity index (χ2v) is 3.54. The first kappa shape index (κ1) is 8.79. The van der Waals surface area contributed by atoms with Crippen molar-refractivity contribution in [2.75, 3.05) is 0 Å². The zero-order valence-electron chi connectivity index (χ0n) is 6.77. The van der Waals surface area contributed by atoms with Crippen LogP contribution in [0.3, 0.4) is 0 Å². The van der Waals surface area contributed by atoms with Crippen molar-refractivity contribution in [1.82, 2.24) is 0 Å². The maximum absolute atomic E-state index is 10.4. The molecule has 0 amide bonds. The average molecular weight is 173 g/mol. The Kier molecular flexibility index (Phi) is 3.13. The number of carbonyl (C=O) groups is 1. The topological polar surface area (TPSA) is 17.1 Å². The molecule has 0 bridgehead atoms. The van der Waals surface area contributed by atoms with Crippen LogP contribution in [0, 0.1) is 5.92 Å². The van der Waals surface area contributed by atoms with E-state index < -0.39 is 0 Å². The van der Waals surface area contributed by atoms with Crippen LogP contribution in [0.5, 0.6) is 0 Å². The highest BCUT2D eigenvalue weighted by Crippen LogP contribution is 2.34. The average Bonchev–Trinajstić information content (AvgIpc) is 2.53. The molecule has 1 fully saturated rings. The molecule has 0 aliphatic heterocycles. The van der Waals surface area contributed by atoms with Crippen molar-refractivity contribution >= 4 is 17.9 Å². The molecule has 1 aliphatic carbocycles. The molecule has 62 valence electrons. The van der Waals surface area contributed by atoms with E-state index in [9.17, 15) is 4.79 Å². The van der Waals surface area contributed by atoms with Crippen molar-refractivity contribution in [2.24, 2.45) is 5.92 Å². The standard InChI is InChI=1S/C9H13ClO/c1-7(6-11)9(10)8-4-2-3-5-8/h6,8H,2-5H2,1H3/b9-7-. The van der Waals surface area contributed by atoms with Crippen molar-refractivity contribution in [3.63, 3.8) is 0 Å². The van der Waals surface area contributed by atoms with Gasteiger partial charge in [-0.2, -0.15) is 0 Å². The zero-order valence-corrected chi connectivity index (χ0v) is 7.53. The van der Waals surface area contributed by atoms with Crippen LogP contribution in [0.4, 0.5) is 0 Å². The maximum atomic E-state index is 10.4. The molecule has 0 aromatic carbocycles. The predicted molar refractivity (Wildman–Crippen MR) is 46.6 cm³/mol. The van der Waals surface area contributed by atoms with Gasteiger partial charge in [-0.25, -0.2) is 0 Å². The van der Waals surface area contributed by atoms with Crippen LogP contribution in [0.15, 0.2) is 10.6 Å². The molecular weight excluding hydrogens is 160 g/mol. The molecule has 0 spiro atoms. The zero-order chi connectivity index (χ0) is 8.27. The highest BCUT2D eigenvalue weighted by atomic mass is 35.5. The first-order valence-electron chi connectivity index (χ1n) is 4.07. The predicted octanol–water partition coefficient (Wildman–Crippen LogP) is 2.89. The highest BCUT2D eigenvalue weighted by Gasteiger charge is 2.19. The minimum absolute atomic E-state index is 0.474. The van der Waals surface area contributed by atoms with E-state index in [4.69, 9.17) is 11.6 Å². The lowest BCUT2D eigenvalue weighted by molar-refractivity contribution is -0.104. The van der Waals surface area contributed by atoms with Crippen LogP contribution in [-0.4, -0.2) is 6.29 Å². The molecule has 0 radical (unpaired) electrons. The van der Waals surface area contributed by atoms with Gasteiger partial charge in [0.2, 0.25) is 0 Å². The van der Waals surface area contributed by atoms with Gasteiger partial charge in [0.05, 0.1) is 0 Å². The lowest BCUT2D eigenvalue weighted by atomic mass is 10.1. The Morgan fingerprint density at radius 1 is 1.45 bits per heavy atom. The van der Waals surface area contributed by atoms with E-state index >= 15 is 0 Å². The van der Waals surface area contributed by atoms with Gasteiger partial charge < -0.3 is 0 Å². The SMILES string of the molecule is C/C(C=O)=C(/Cl)C1CCCC1. The van der Waals surface area contributed by atoms with Crippen LogP contribution >= 0.6 is 11.6 Å². The van der Waals surface area contributed by atoms with Gasteiger partial charge in [0.15, 0.2) is 0 Å². The van der Waals surface area contributed by atoms with Crippen molar-refractivity contribution in [3.8, 4) is 0 Å². The summed E-state index contributed by atoms with van der Waals surface area (Å²) in [6.07, 6.45) is 5.68. The Balaban J connectivity index is 2.64. The molecule has 0 atom stereocenters. The molecule has 1 rings (SSSR count). The van der Waals surface area contributed by atoms with Gasteiger partial charge in [0.25, 0.3) is 0 Å².